The summed E-state index contributed by atoms with van der Waals surface area (Å²) >= 11 is 0. The van der Waals surface area contributed by atoms with Crippen LogP contribution in [0.3, 0.4) is 0 Å². The minimum Gasteiger partial charge on any atom is -0.342 e. The first-order chi connectivity index (χ1) is 13.9. The van der Waals surface area contributed by atoms with Gasteiger partial charge in [-0.2, -0.15) is 0 Å². The fourth-order valence-corrected chi connectivity index (χ4v) is 4.92. The predicted octanol–water partition coefficient (Wildman–Crippen LogP) is 4.44. The van der Waals surface area contributed by atoms with Gasteiger partial charge in [0, 0.05) is 37.2 Å². The van der Waals surface area contributed by atoms with Crippen molar-refractivity contribution in [2.24, 2.45) is 16.8 Å². The molecule has 2 saturated heterocycles. The predicted molar refractivity (Wildman–Crippen MR) is 121 cm³/mol. The third-order valence-corrected chi connectivity index (χ3v) is 6.55. The van der Waals surface area contributed by atoms with Crippen LogP contribution in [-0.2, 0) is 4.79 Å². The summed E-state index contributed by atoms with van der Waals surface area (Å²) in [5, 5.41) is 0. The van der Waals surface area contributed by atoms with Crippen molar-refractivity contribution in [3.8, 4) is 0 Å². The van der Waals surface area contributed by atoms with E-state index >= 15 is 0 Å². The van der Waals surface area contributed by atoms with E-state index in [1.165, 1.54) is 5.56 Å². The number of carbonyl (C=O) groups excluding carboxylic acids is 1. The van der Waals surface area contributed by atoms with Gasteiger partial charge in [-0.3, -0.25) is 14.8 Å². The Morgan fingerprint density at radius 2 is 2.07 bits per heavy atom. The average molecular weight is 397 g/mol. The second kappa shape index (κ2) is 9.66. The number of aryl methyl sites for hydroxylation is 1. The third kappa shape index (κ3) is 5.13. The highest BCUT2D eigenvalue weighted by atomic mass is 16.2. The standard InChI is InChI=1S/C24H36N4O/c1-6-7-21-22(14-26-18(3)24(21)25-4)20-12-17(2)15-28(16-20)23(29)13-19-8-10-27(5)11-9-19/h6-7,14,17,19-20H,4,8-13,15-16H2,1-3,5H3/b7-6-/t17-,20+/m1/s1. The highest BCUT2D eigenvalue weighted by Gasteiger charge is 2.32. The van der Waals surface area contributed by atoms with Gasteiger partial charge < -0.3 is 9.80 Å². The zero-order valence-electron chi connectivity index (χ0n) is 18.5. The lowest BCUT2D eigenvalue weighted by Crippen LogP contribution is -2.44. The Morgan fingerprint density at radius 3 is 2.72 bits per heavy atom. The van der Waals surface area contributed by atoms with Crippen molar-refractivity contribution >= 4 is 24.4 Å². The molecule has 2 aliphatic rings. The molecule has 3 rings (SSSR count). The molecule has 1 amide bonds. The Morgan fingerprint density at radius 1 is 1.34 bits per heavy atom. The van der Waals surface area contributed by atoms with Crippen LogP contribution in [0.5, 0.6) is 0 Å². The molecule has 2 fully saturated rings. The van der Waals surface area contributed by atoms with Crippen LogP contribution in [0.1, 0.15) is 62.3 Å². The Bertz CT molecular complexity index is 764. The Kier molecular flexibility index (Phi) is 7.23. The molecule has 2 atom stereocenters. The Balaban J connectivity index is 1.78. The molecule has 0 N–H and O–H groups in total. The Hall–Kier alpha value is -2.01. The van der Waals surface area contributed by atoms with Crippen molar-refractivity contribution in [3.63, 3.8) is 0 Å². The fourth-order valence-electron chi connectivity index (χ4n) is 4.92. The largest absolute Gasteiger partial charge is 0.342 e. The number of allylic oxidation sites excluding steroid dienone is 1. The van der Waals surface area contributed by atoms with E-state index in [-0.39, 0.29) is 0 Å². The van der Waals surface area contributed by atoms with Gasteiger partial charge in [-0.15, -0.1) is 0 Å². The summed E-state index contributed by atoms with van der Waals surface area (Å²) in [5.74, 6) is 1.63. The number of likely N-dealkylation sites (tertiary alicyclic amines) is 2. The number of carbonyl (C=O) groups is 1. The minimum atomic E-state index is 0.292. The number of rotatable bonds is 5. The smallest absolute Gasteiger partial charge is 0.222 e. The van der Waals surface area contributed by atoms with Gasteiger partial charge in [0.1, 0.15) is 0 Å². The van der Waals surface area contributed by atoms with Crippen LogP contribution in [0, 0.1) is 18.8 Å². The van der Waals surface area contributed by atoms with Crippen molar-refractivity contribution in [2.45, 2.75) is 52.4 Å². The normalized spacial score (nSPS) is 24.2. The maximum absolute atomic E-state index is 13.1. The first-order valence-electron chi connectivity index (χ1n) is 11.0. The number of amides is 1. The monoisotopic (exact) mass is 396 g/mol. The van der Waals surface area contributed by atoms with Crippen LogP contribution in [0.2, 0.25) is 0 Å². The summed E-state index contributed by atoms with van der Waals surface area (Å²) in [6.07, 6.45) is 10.2. The van der Waals surface area contributed by atoms with Gasteiger partial charge in [-0.25, -0.2) is 0 Å². The molecule has 0 aliphatic carbocycles. The van der Waals surface area contributed by atoms with Gasteiger partial charge in [0.05, 0.1) is 11.4 Å². The van der Waals surface area contributed by atoms with E-state index in [4.69, 9.17) is 0 Å². The highest BCUT2D eigenvalue weighted by Crippen LogP contribution is 2.37. The van der Waals surface area contributed by atoms with E-state index < -0.39 is 0 Å². The molecule has 0 saturated carbocycles. The molecule has 29 heavy (non-hydrogen) atoms. The van der Waals surface area contributed by atoms with Gasteiger partial charge in [-0.1, -0.05) is 19.1 Å². The van der Waals surface area contributed by atoms with Gasteiger partial charge in [0.15, 0.2) is 0 Å². The molecule has 0 aromatic carbocycles. The first kappa shape index (κ1) is 21.7. The molecule has 0 radical (unpaired) electrons. The minimum absolute atomic E-state index is 0.292. The molecule has 158 valence electrons. The molecule has 5 nitrogen and oxygen atoms in total. The van der Waals surface area contributed by atoms with Crippen molar-refractivity contribution in [2.75, 3.05) is 33.2 Å². The van der Waals surface area contributed by atoms with E-state index in [0.717, 1.165) is 62.4 Å². The van der Waals surface area contributed by atoms with Gasteiger partial charge in [-0.05, 0) is 77.4 Å². The topological polar surface area (TPSA) is 48.8 Å². The zero-order chi connectivity index (χ0) is 21.0. The SMILES string of the molecule is C=Nc1c(C)ncc([C@H]2C[C@@H](C)CN(C(=O)CC3CCN(C)CC3)C2)c1/C=C\C. The maximum Gasteiger partial charge on any atom is 0.222 e. The van der Waals surface area contributed by atoms with E-state index in [1.54, 1.807) is 0 Å². The molecule has 0 spiro atoms. The van der Waals surface area contributed by atoms with Crippen LogP contribution in [0.4, 0.5) is 5.69 Å². The van der Waals surface area contributed by atoms with Crippen LogP contribution >= 0.6 is 0 Å². The molecule has 3 heterocycles. The highest BCUT2D eigenvalue weighted by molar-refractivity contribution is 5.77. The Labute approximate surface area is 175 Å². The number of piperidine rings is 2. The van der Waals surface area contributed by atoms with Gasteiger partial charge in [0.2, 0.25) is 5.91 Å². The van der Waals surface area contributed by atoms with Gasteiger partial charge in [0.25, 0.3) is 0 Å². The summed E-state index contributed by atoms with van der Waals surface area (Å²) < 4.78 is 0. The number of aromatic nitrogens is 1. The molecule has 1 aromatic heterocycles. The fraction of sp³-hybridized carbons (Fsp3) is 0.625. The second-order valence-electron chi connectivity index (χ2n) is 9.01. The van der Waals surface area contributed by atoms with E-state index in [2.05, 4.69) is 46.5 Å². The summed E-state index contributed by atoms with van der Waals surface area (Å²) in [7, 11) is 2.17. The van der Waals surface area contributed by atoms with Crippen LogP contribution in [0.15, 0.2) is 17.3 Å². The molecule has 1 aromatic rings. The second-order valence-corrected chi connectivity index (χ2v) is 9.01. The van der Waals surface area contributed by atoms with Gasteiger partial charge >= 0.3 is 0 Å². The molecule has 0 unspecified atom stereocenters. The zero-order valence-corrected chi connectivity index (χ0v) is 18.5. The van der Waals surface area contributed by atoms with Crippen molar-refractivity contribution < 1.29 is 4.79 Å². The number of hydrogen-bond donors (Lipinski definition) is 0. The van der Waals surface area contributed by atoms with E-state index in [9.17, 15) is 4.79 Å². The average Bonchev–Trinajstić information content (AvgIpc) is 2.70. The number of pyridine rings is 1. The summed E-state index contributed by atoms with van der Waals surface area (Å²) in [6.45, 7) is 13.9. The molecular weight excluding hydrogens is 360 g/mol. The van der Waals surface area contributed by atoms with Crippen LogP contribution < -0.4 is 0 Å². The van der Waals surface area contributed by atoms with Crippen molar-refractivity contribution in [1.29, 1.82) is 0 Å². The number of hydrogen-bond acceptors (Lipinski definition) is 4. The molecular formula is C24H36N4O. The van der Waals surface area contributed by atoms with E-state index in [1.807, 2.05) is 26.1 Å². The number of nitrogens with zero attached hydrogens (tertiary/aromatic N) is 4. The quantitative estimate of drug-likeness (QED) is 0.692. The lowest BCUT2D eigenvalue weighted by molar-refractivity contribution is -0.134. The number of aliphatic imine (C=N–C) groups is 1. The molecule has 5 heteroatoms. The maximum atomic E-state index is 13.1. The summed E-state index contributed by atoms with van der Waals surface area (Å²) in [5.41, 5.74) is 4.07. The first-order valence-corrected chi connectivity index (χ1v) is 11.0. The summed E-state index contributed by atoms with van der Waals surface area (Å²) in [6, 6.07) is 0. The lowest BCUT2D eigenvalue weighted by atomic mass is 9.83. The summed E-state index contributed by atoms with van der Waals surface area (Å²) in [4.78, 5) is 26.4. The van der Waals surface area contributed by atoms with Crippen LogP contribution in [0.25, 0.3) is 6.08 Å². The van der Waals surface area contributed by atoms with Crippen molar-refractivity contribution in [1.82, 2.24) is 14.8 Å². The molecule has 0 bridgehead atoms. The van der Waals surface area contributed by atoms with Crippen molar-refractivity contribution in [3.05, 3.63) is 29.1 Å². The van der Waals surface area contributed by atoms with E-state index in [0.29, 0.717) is 30.1 Å². The lowest BCUT2D eigenvalue weighted by Gasteiger charge is -2.38. The third-order valence-electron chi connectivity index (χ3n) is 6.55. The molecule has 2 aliphatic heterocycles. The van der Waals surface area contributed by atoms with Crippen LogP contribution in [-0.4, -0.2) is 60.6 Å².